The Hall–Kier alpha value is -1.06. The molecule has 1 aliphatic heterocycles. The number of carboxylic acid groups (broad SMARTS) is 1. The minimum absolute atomic E-state index is 0.00463. The molecule has 44 valence electrons. The van der Waals surface area contributed by atoms with Crippen LogP contribution in [0.3, 0.4) is 0 Å². The number of nitrogens with zero attached hydrogens (tertiary/aromatic N) is 1. The summed E-state index contributed by atoms with van der Waals surface area (Å²) < 4.78 is 0. The molecule has 0 atom stereocenters. The minimum atomic E-state index is -1.23. The summed E-state index contributed by atoms with van der Waals surface area (Å²) in [6.45, 7) is 0.364. The van der Waals surface area contributed by atoms with Gasteiger partial charge in [0.1, 0.15) is 12.3 Å². The van der Waals surface area contributed by atoms with Gasteiger partial charge in [0.25, 0.3) is 0 Å². The first-order valence-electron chi connectivity index (χ1n) is 2.21. The minimum Gasteiger partial charge on any atom is -0.543 e. The molecule has 0 aromatic heterocycles. The highest BCUT2D eigenvalue weighted by molar-refractivity contribution is 6.34. The van der Waals surface area contributed by atoms with Gasteiger partial charge in [0.05, 0.1) is 5.97 Å². The average molecular weight is 114 g/mol. The Balaban J connectivity index is 2.57. The molecular weight excluding hydrogens is 110 g/mol. The molecule has 1 aliphatic rings. The van der Waals surface area contributed by atoms with Crippen LogP contribution < -0.4 is 5.11 Å². The average Bonchev–Trinajstić information content (AvgIpc) is 2.12. The number of rotatable bonds is 1. The van der Waals surface area contributed by atoms with Crippen molar-refractivity contribution in [2.24, 2.45) is 5.16 Å². The summed E-state index contributed by atoms with van der Waals surface area (Å²) in [6.07, 6.45) is 0.363. The van der Waals surface area contributed by atoms with Crippen molar-refractivity contribution in [3.05, 3.63) is 0 Å². The lowest BCUT2D eigenvalue weighted by atomic mass is 10.3. The van der Waals surface area contributed by atoms with Gasteiger partial charge in [-0.1, -0.05) is 5.16 Å². The molecule has 0 saturated heterocycles. The van der Waals surface area contributed by atoms with E-state index in [0.29, 0.717) is 13.0 Å². The highest BCUT2D eigenvalue weighted by Gasteiger charge is 2.06. The van der Waals surface area contributed by atoms with E-state index in [4.69, 9.17) is 0 Å². The summed E-state index contributed by atoms with van der Waals surface area (Å²) in [5.74, 6) is -1.23. The van der Waals surface area contributed by atoms with Crippen LogP contribution in [-0.4, -0.2) is 18.3 Å². The Morgan fingerprint density at radius 1 is 1.88 bits per heavy atom. The maximum Gasteiger partial charge on any atom is 0.122 e. The predicted molar refractivity (Wildman–Crippen MR) is 23.0 cm³/mol. The highest BCUT2D eigenvalue weighted by Crippen LogP contribution is 1.97. The first-order valence-corrected chi connectivity index (χ1v) is 2.21. The van der Waals surface area contributed by atoms with Gasteiger partial charge in [-0.05, 0) is 0 Å². The van der Waals surface area contributed by atoms with Crippen molar-refractivity contribution in [2.75, 3.05) is 6.61 Å². The summed E-state index contributed by atoms with van der Waals surface area (Å²) >= 11 is 0. The van der Waals surface area contributed by atoms with E-state index in [1.54, 1.807) is 0 Å². The van der Waals surface area contributed by atoms with Crippen molar-refractivity contribution >= 4 is 11.7 Å². The third-order valence-corrected chi connectivity index (χ3v) is 0.841. The van der Waals surface area contributed by atoms with E-state index in [0.717, 1.165) is 0 Å². The van der Waals surface area contributed by atoms with Crippen LogP contribution in [0, 0.1) is 0 Å². The first kappa shape index (κ1) is 5.08. The van der Waals surface area contributed by atoms with Crippen LogP contribution in [0.5, 0.6) is 0 Å². The lowest BCUT2D eigenvalue weighted by Crippen LogP contribution is -2.30. The van der Waals surface area contributed by atoms with Gasteiger partial charge in [-0.3, -0.25) is 0 Å². The molecule has 4 heteroatoms. The van der Waals surface area contributed by atoms with E-state index in [-0.39, 0.29) is 5.71 Å². The lowest BCUT2D eigenvalue weighted by Gasteiger charge is -1.93. The Bertz CT molecular complexity index is 140. The number of oxime groups is 1. The van der Waals surface area contributed by atoms with Crippen molar-refractivity contribution in [3.8, 4) is 0 Å². The fourth-order valence-electron chi connectivity index (χ4n) is 0.451. The fraction of sp³-hybridized carbons (Fsp3) is 0.500. The monoisotopic (exact) mass is 114 g/mol. The van der Waals surface area contributed by atoms with Gasteiger partial charge in [-0.2, -0.15) is 0 Å². The zero-order chi connectivity index (χ0) is 5.98. The number of carbonyl (C=O) groups excluding carboxylic acids is 1. The summed E-state index contributed by atoms with van der Waals surface area (Å²) in [7, 11) is 0. The highest BCUT2D eigenvalue weighted by atomic mass is 16.6. The van der Waals surface area contributed by atoms with Gasteiger partial charge in [0.15, 0.2) is 0 Å². The molecule has 4 nitrogen and oxygen atoms in total. The molecule has 1 heterocycles. The van der Waals surface area contributed by atoms with Crippen molar-refractivity contribution < 1.29 is 14.7 Å². The molecule has 0 N–H and O–H groups in total. The molecule has 0 spiro atoms. The van der Waals surface area contributed by atoms with Gasteiger partial charge in [0, 0.05) is 6.42 Å². The van der Waals surface area contributed by atoms with Gasteiger partial charge < -0.3 is 14.7 Å². The summed E-state index contributed by atoms with van der Waals surface area (Å²) in [6, 6.07) is 0. The largest absolute Gasteiger partial charge is 0.543 e. The van der Waals surface area contributed by atoms with Crippen molar-refractivity contribution in [3.63, 3.8) is 0 Å². The van der Waals surface area contributed by atoms with Crippen LogP contribution in [0.15, 0.2) is 5.16 Å². The molecule has 0 fully saturated rings. The molecule has 0 radical (unpaired) electrons. The van der Waals surface area contributed by atoms with Crippen LogP contribution in [0.25, 0.3) is 0 Å². The van der Waals surface area contributed by atoms with Gasteiger partial charge in [0.2, 0.25) is 0 Å². The Morgan fingerprint density at radius 3 is 2.88 bits per heavy atom. The first-order chi connectivity index (χ1) is 3.80. The van der Waals surface area contributed by atoms with E-state index in [1.165, 1.54) is 0 Å². The molecule has 0 aromatic carbocycles. The van der Waals surface area contributed by atoms with Gasteiger partial charge in [-0.15, -0.1) is 0 Å². The van der Waals surface area contributed by atoms with Crippen molar-refractivity contribution in [2.45, 2.75) is 6.42 Å². The fourth-order valence-corrected chi connectivity index (χ4v) is 0.451. The summed E-state index contributed by atoms with van der Waals surface area (Å²) in [5.41, 5.74) is 0.00463. The second-order valence-electron chi connectivity index (χ2n) is 1.41. The molecule has 0 bridgehead atoms. The van der Waals surface area contributed by atoms with Crippen LogP contribution in [0.2, 0.25) is 0 Å². The van der Waals surface area contributed by atoms with E-state index in [1.807, 2.05) is 0 Å². The quantitative estimate of drug-likeness (QED) is 0.417. The van der Waals surface area contributed by atoms with E-state index in [2.05, 4.69) is 9.99 Å². The molecule has 0 aliphatic carbocycles. The topological polar surface area (TPSA) is 61.7 Å². The summed E-state index contributed by atoms with van der Waals surface area (Å²) in [5, 5.41) is 13.1. The second-order valence-corrected chi connectivity index (χ2v) is 1.41. The molecule has 8 heavy (non-hydrogen) atoms. The third kappa shape index (κ3) is 0.776. The zero-order valence-corrected chi connectivity index (χ0v) is 4.09. The lowest BCUT2D eigenvalue weighted by molar-refractivity contribution is -0.294. The number of hydrogen-bond acceptors (Lipinski definition) is 4. The maximum atomic E-state index is 9.88. The van der Waals surface area contributed by atoms with Gasteiger partial charge in [-0.25, -0.2) is 0 Å². The van der Waals surface area contributed by atoms with E-state index in [9.17, 15) is 9.90 Å². The predicted octanol–water partition coefficient (Wildman–Crippen LogP) is -1.49. The van der Waals surface area contributed by atoms with Crippen LogP contribution in [0.4, 0.5) is 0 Å². The van der Waals surface area contributed by atoms with Crippen LogP contribution >= 0.6 is 0 Å². The molecule has 0 aromatic rings. The normalized spacial score (nSPS) is 17.2. The molecular formula is C4H4NO3-. The van der Waals surface area contributed by atoms with Crippen LogP contribution in [0.1, 0.15) is 6.42 Å². The van der Waals surface area contributed by atoms with Gasteiger partial charge >= 0.3 is 0 Å². The Morgan fingerprint density at radius 2 is 2.62 bits per heavy atom. The summed E-state index contributed by atoms with van der Waals surface area (Å²) in [4.78, 5) is 14.3. The van der Waals surface area contributed by atoms with Crippen molar-refractivity contribution in [1.82, 2.24) is 0 Å². The molecule has 0 amide bonds. The standard InChI is InChI=1S/C4H5NO3/c6-4(7)3-1-2-8-5-3/h1-2H2,(H,6,7)/p-1. The number of carboxylic acids is 1. The zero-order valence-electron chi connectivity index (χ0n) is 4.09. The van der Waals surface area contributed by atoms with E-state index >= 15 is 0 Å². The number of hydrogen-bond donors (Lipinski definition) is 0. The number of aliphatic carboxylic acids is 1. The smallest absolute Gasteiger partial charge is 0.122 e. The Kier molecular flexibility index (Phi) is 1.15. The Labute approximate surface area is 45.7 Å². The molecule has 0 unspecified atom stereocenters. The molecule has 1 rings (SSSR count). The SMILES string of the molecule is O=C([O-])C1=NOCC1. The second kappa shape index (κ2) is 1.81. The van der Waals surface area contributed by atoms with Crippen LogP contribution in [-0.2, 0) is 9.63 Å². The van der Waals surface area contributed by atoms with E-state index < -0.39 is 5.97 Å². The maximum absolute atomic E-state index is 9.88. The van der Waals surface area contributed by atoms with Crippen molar-refractivity contribution in [1.29, 1.82) is 0 Å². The third-order valence-electron chi connectivity index (χ3n) is 0.841. The molecule has 0 saturated carbocycles. The number of carbonyl (C=O) groups is 1.